The highest BCUT2D eigenvalue weighted by Gasteiger charge is 2.21. The number of sulfone groups is 1. The number of amides is 1. The van der Waals surface area contributed by atoms with E-state index in [4.69, 9.17) is 9.47 Å². The highest BCUT2D eigenvalue weighted by atomic mass is 32.2. The van der Waals surface area contributed by atoms with Crippen molar-refractivity contribution >= 4 is 15.7 Å². The summed E-state index contributed by atoms with van der Waals surface area (Å²) in [5.74, 6) is 0.539. The van der Waals surface area contributed by atoms with Gasteiger partial charge in [-0.2, -0.15) is 0 Å². The Morgan fingerprint density at radius 2 is 1.87 bits per heavy atom. The number of rotatable bonds is 10. The van der Waals surface area contributed by atoms with Crippen molar-refractivity contribution in [3.8, 4) is 5.75 Å². The average molecular weight is 343 g/mol. The molecule has 130 valence electrons. The molecular weight excluding hydrogens is 318 g/mol. The Morgan fingerprint density at radius 1 is 1.22 bits per heavy atom. The fourth-order valence-electron chi connectivity index (χ4n) is 1.84. The molecular formula is C16H25NO5S. The lowest BCUT2D eigenvalue weighted by Gasteiger charge is -2.24. The van der Waals surface area contributed by atoms with E-state index >= 15 is 0 Å². The molecule has 1 aromatic rings. The van der Waals surface area contributed by atoms with Crippen LogP contribution in [0.5, 0.6) is 5.75 Å². The van der Waals surface area contributed by atoms with E-state index in [2.05, 4.69) is 0 Å². The van der Waals surface area contributed by atoms with Crippen molar-refractivity contribution in [1.29, 1.82) is 0 Å². The molecule has 0 aliphatic heterocycles. The second-order valence-corrected chi connectivity index (χ2v) is 7.66. The number of nitrogens with zero attached hydrogens (tertiary/aromatic N) is 1. The van der Waals surface area contributed by atoms with Gasteiger partial charge in [-0.1, -0.05) is 25.1 Å². The molecule has 1 aromatic carbocycles. The largest absolute Gasteiger partial charge is 0.491 e. The third kappa shape index (κ3) is 7.47. The monoisotopic (exact) mass is 343 g/mol. The van der Waals surface area contributed by atoms with Crippen LogP contribution in [0, 0.1) is 0 Å². The second kappa shape index (κ2) is 9.52. The van der Waals surface area contributed by atoms with Gasteiger partial charge in [0.25, 0.3) is 0 Å². The van der Waals surface area contributed by atoms with E-state index in [1.165, 1.54) is 4.90 Å². The fraction of sp³-hybridized carbons (Fsp3) is 0.562. The molecule has 0 spiro atoms. The van der Waals surface area contributed by atoms with Crippen LogP contribution in [0.1, 0.15) is 13.8 Å². The van der Waals surface area contributed by atoms with E-state index < -0.39 is 9.84 Å². The van der Waals surface area contributed by atoms with Gasteiger partial charge in [-0.15, -0.1) is 0 Å². The summed E-state index contributed by atoms with van der Waals surface area (Å²) in [6, 6.07) is 8.96. The van der Waals surface area contributed by atoms with Gasteiger partial charge < -0.3 is 14.4 Å². The smallest absolute Gasteiger partial charge is 0.248 e. The Morgan fingerprint density at radius 3 is 2.48 bits per heavy atom. The van der Waals surface area contributed by atoms with Crippen LogP contribution in [-0.4, -0.2) is 63.6 Å². The van der Waals surface area contributed by atoms with Gasteiger partial charge in [0.2, 0.25) is 5.91 Å². The van der Waals surface area contributed by atoms with Crippen LogP contribution in [0.2, 0.25) is 0 Å². The highest BCUT2D eigenvalue weighted by molar-refractivity contribution is 7.91. The normalized spacial score (nSPS) is 12.7. The van der Waals surface area contributed by atoms with E-state index in [0.29, 0.717) is 6.61 Å². The zero-order valence-electron chi connectivity index (χ0n) is 13.9. The van der Waals surface area contributed by atoms with Crippen molar-refractivity contribution in [2.24, 2.45) is 0 Å². The van der Waals surface area contributed by atoms with Gasteiger partial charge in [-0.25, -0.2) is 8.42 Å². The van der Waals surface area contributed by atoms with Gasteiger partial charge in [0.05, 0.1) is 12.4 Å². The first-order chi connectivity index (χ1) is 10.9. The minimum atomic E-state index is -3.11. The van der Waals surface area contributed by atoms with Crippen molar-refractivity contribution in [3.05, 3.63) is 30.3 Å². The van der Waals surface area contributed by atoms with Crippen LogP contribution in [0.25, 0.3) is 0 Å². The Bertz CT molecular complexity index is 573. The standard InChI is InChI=1S/C16H25NO5S/c1-4-23(19,20)13-14(2)17(3)16(18)12-21-10-11-22-15-8-6-5-7-9-15/h5-9,14H,4,10-13H2,1-3H3/t14-/m1/s1. The van der Waals surface area contributed by atoms with Gasteiger partial charge in [0.1, 0.15) is 19.0 Å². The molecule has 0 saturated heterocycles. The molecule has 1 rings (SSSR count). The molecule has 7 heteroatoms. The molecule has 0 aliphatic rings. The quantitative estimate of drug-likeness (QED) is 0.600. The molecule has 1 atom stereocenters. The van der Waals surface area contributed by atoms with Gasteiger partial charge in [0.15, 0.2) is 9.84 Å². The van der Waals surface area contributed by atoms with Crippen molar-refractivity contribution in [1.82, 2.24) is 4.90 Å². The minimum Gasteiger partial charge on any atom is -0.491 e. The Hall–Kier alpha value is -1.60. The first-order valence-corrected chi connectivity index (χ1v) is 9.39. The number of likely N-dealkylation sites (N-methyl/N-ethyl adjacent to an activating group) is 1. The van der Waals surface area contributed by atoms with Crippen molar-refractivity contribution in [3.63, 3.8) is 0 Å². The number of hydrogen-bond acceptors (Lipinski definition) is 5. The number of benzene rings is 1. The molecule has 0 aromatic heterocycles. The molecule has 23 heavy (non-hydrogen) atoms. The molecule has 6 nitrogen and oxygen atoms in total. The van der Waals surface area contributed by atoms with Crippen LogP contribution in [0.4, 0.5) is 0 Å². The summed E-state index contributed by atoms with van der Waals surface area (Å²) >= 11 is 0. The summed E-state index contributed by atoms with van der Waals surface area (Å²) in [4.78, 5) is 13.4. The third-order valence-corrected chi connectivity index (χ3v) is 5.32. The topological polar surface area (TPSA) is 72.9 Å². The molecule has 0 N–H and O–H groups in total. The summed E-state index contributed by atoms with van der Waals surface area (Å²) < 4.78 is 33.9. The lowest BCUT2D eigenvalue weighted by Crippen LogP contribution is -2.41. The summed E-state index contributed by atoms with van der Waals surface area (Å²) in [6.07, 6.45) is 0. The fourth-order valence-corrected chi connectivity index (χ4v) is 3.03. The molecule has 0 aliphatic carbocycles. The number of carbonyl (C=O) groups is 1. The molecule has 1 amide bonds. The average Bonchev–Trinajstić information content (AvgIpc) is 2.54. The van der Waals surface area contributed by atoms with E-state index in [-0.39, 0.29) is 36.7 Å². The number of para-hydroxylation sites is 1. The van der Waals surface area contributed by atoms with Gasteiger partial charge in [0, 0.05) is 18.8 Å². The SMILES string of the molecule is CCS(=O)(=O)C[C@@H](C)N(C)C(=O)COCCOc1ccccc1. The van der Waals surface area contributed by atoms with Gasteiger partial charge >= 0.3 is 0 Å². The lowest BCUT2D eigenvalue weighted by molar-refractivity contribution is -0.136. The van der Waals surface area contributed by atoms with Gasteiger partial charge in [-0.05, 0) is 19.1 Å². The second-order valence-electron chi connectivity index (χ2n) is 5.27. The van der Waals surface area contributed by atoms with Crippen LogP contribution in [-0.2, 0) is 19.4 Å². The molecule has 0 heterocycles. The van der Waals surface area contributed by atoms with Crippen LogP contribution >= 0.6 is 0 Å². The Kier molecular flexibility index (Phi) is 8.05. The Labute approximate surface area is 138 Å². The van der Waals surface area contributed by atoms with Crippen molar-refractivity contribution in [2.45, 2.75) is 19.9 Å². The molecule has 0 fully saturated rings. The zero-order valence-corrected chi connectivity index (χ0v) is 14.7. The number of ether oxygens (including phenoxy) is 2. The zero-order chi connectivity index (χ0) is 17.3. The van der Waals surface area contributed by atoms with Crippen LogP contribution in [0.15, 0.2) is 30.3 Å². The maximum absolute atomic E-state index is 12.0. The van der Waals surface area contributed by atoms with Crippen LogP contribution < -0.4 is 4.74 Å². The molecule has 0 bridgehead atoms. The van der Waals surface area contributed by atoms with E-state index in [0.717, 1.165) is 5.75 Å². The van der Waals surface area contributed by atoms with E-state index in [1.54, 1.807) is 20.9 Å². The predicted octanol–water partition coefficient (Wildman–Crippen LogP) is 1.36. The molecule has 0 saturated carbocycles. The number of carbonyl (C=O) groups excluding carboxylic acids is 1. The summed E-state index contributed by atoms with van der Waals surface area (Å²) in [5, 5.41) is 0. The van der Waals surface area contributed by atoms with E-state index in [1.807, 2.05) is 30.3 Å². The minimum absolute atomic E-state index is 0.0388. The maximum Gasteiger partial charge on any atom is 0.248 e. The van der Waals surface area contributed by atoms with Crippen LogP contribution in [0.3, 0.4) is 0 Å². The first-order valence-electron chi connectivity index (χ1n) is 7.57. The highest BCUT2D eigenvalue weighted by Crippen LogP contribution is 2.07. The maximum atomic E-state index is 12.0. The third-order valence-electron chi connectivity index (χ3n) is 3.45. The summed E-state index contributed by atoms with van der Waals surface area (Å²) in [7, 11) is -1.53. The van der Waals surface area contributed by atoms with E-state index in [9.17, 15) is 13.2 Å². The molecule has 0 unspecified atom stereocenters. The number of hydrogen-bond donors (Lipinski definition) is 0. The van der Waals surface area contributed by atoms with Crippen molar-refractivity contribution < 1.29 is 22.7 Å². The first kappa shape index (κ1) is 19.4. The van der Waals surface area contributed by atoms with Crippen molar-refractivity contribution in [2.75, 3.05) is 38.4 Å². The predicted molar refractivity (Wildman–Crippen MR) is 89.3 cm³/mol. The lowest BCUT2D eigenvalue weighted by atomic mass is 10.3. The summed E-state index contributed by atoms with van der Waals surface area (Å²) in [6.45, 7) is 3.85. The summed E-state index contributed by atoms with van der Waals surface area (Å²) in [5.41, 5.74) is 0. The van der Waals surface area contributed by atoms with Gasteiger partial charge in [-0.3, -0.25) is 4.79 Å². The molecule has 0 radical (unpaired) electrons. The Balaban J connectivity index is 2.25.